The minimum Gasteiger partial charge on any atom is -0.352 e. The van der Waals surface area contributed by atoms with Crippen LogP contribution in [0.1, 0.15) is 39.0 Å². The number of carbonyl (C=O) groups excluding carboxylic acids is 1. The van der Waals surface area contributed by atoms with Gasteiger partial charge in [0.2, 0.25) is 5.91 Å². The third-order valence-electron chi connectivity index (χ3n) is 4.13. The van der Waals surface area contributed by atoms with Crippen LogP contribution in [0.3, 0.4) is 0 Å². The molecule has 4 nitrogen and oxygen atoms in total. The van der Waals surface area contributed by atoms with Crippen LogP contribution in [0.2, 0.25) is 0 Å². The summed E-state index contributed by atoms with van der Waals surface area (Å²) in [5.74, 6) is 1.06. The Hall–Kier alpha value is -0.610. The Morgan fingerprint density at radius 2 is 2.00 bits per heavy atom. The van der Waals surface area contributed by atoms with E-state index in [1.807, 2.05) is 0 Å². The van der Waals surface area contributed by atoms with E-state index < -0.39 is 0 Å². The highest BCUT2D eigenvalue weighted by Gasteiger charge is 2.25. The molecule has 4 heteroatoms. The molecular weight excluding hydrogens is 214 g/mol. The molecule has 1 unspecified atom stereocenters. The third-order valence-corrected chi connectivity index (χ3v) is 4.13. The number of nitrogens with one attached hydrogen (secondary N) is 3. The van der Waals surface area contributed by atoms with Crippen molar-refractivity contribution in [1.82, 2.24) is 16.0 Å². The first-order valence-corrected chi connectivity index (χ1v) is 7.04. The van der Waals surface area contributed by atoms with E-state index in [4.69, 9.17) is 0 Å². The van der Waals surface area contributed by atoms with Gasteiger partial charge in [-0.05, 0) is 31.6 Å². The SMILES string of the molecule is CCC1CCC(NC(=O)C2CNCCN2)CC1. The van der Waals surface area contributed by atoms with Crippen molar-refractivity contribution >= 4 is 5.91 Å². The van der Waals surface area contributed by atoms with Gasteiger partial charge in [-0.3, -0.25) is 4.79 Å². The van der Waals surface area contributed by atoms with Gasteiger partial charge >= 0.3 is 0 Å². The Labute approximate surface area is 104 Å². The van der Waals surface area contributed by atoms with Crippen molar-refractivity contribution in [3.05, 3.63) is 0 Å². The fourth-order valence-corrected chi connectivity index (χ4v) is 2.86. The summed E-state index contributed by atoms with van der Waals surface area (Å²) in [6.07, 6.45) is 6.15. The van der Waals surface area contributed by atoms with Crippen molar-refractivity contribution in [1.29, 1.82) is 0 Å². The monoisotopic (exact) mass is 239 g/mol. The number of rotatable bonds is 3. The summed E-state index contributed by atoms with van der Waals surface area (Å²) in [7, 11) is 0. The van der Waals surface area contributed by atoms with Crippen LogP contribution in [0.5, 0.6) is 0 Å². The quantitative estimate of drug-likeness (QED) is 0.677. The van der Waals surface area contributed by atoms with E-state index in [0.717, 1.165) is 38.4 Å². The molecule has 98 valence electrons. The maximum Gasteiger partial charge on any atom is 0.238 e. The van der Waals surface area contributed by atoms with Gasteiger partial charge in [0, 0.05) is 25.7 Å². The second-order valence-electron chi connectivity index (χ2n) is 5.35. The van der Waals surface area contributed by atoms with E-state index in [1.54, 1.807) is 0 Å². The summed E-state index contributed by atoms with van der Waals surface area (Å²) in [5.41, 5.74) is 0. The largest absolute Gasteiger partial charge is 0.352 e. The molecule has 1 aliphatic carbocycles. The summed E-state index contributed by atoms with van der Waals surface area (Å²) in [6, 6.07) is 0.377. The highest BCUT2D eigenvalue weighted by molar-refractivity contribution is 5.82. The number of piperazine rings is 1. The zero-order valence-electron chi connectivity index (χ0n) is 10.8. The van der Waals surface area contributed by atoms with Gasteiger partial charge < -0.3 is 16.0 Å². The fraction of sp³-hybridized carbons (Fsp3) is 0.923. The summed E-state index contributed by atoms with van der Waals surface area (Å²) < 4.78 is 0. The first kappa shape index (κ1) is 12.8. The Morgan fingerprint density at radius 3 is 2.59 bits per heavy atom. The molecule has 17 heavy (non-hydrogen) atoms. The Bertz CT molecular complexity index is 243. The lowest BCUT2D eigenvalue weighted by Gasteiger charge is -2.31. The number of carbonyl (C=O) groups is 1. The molecule has 1 aliphatic heterocycles. The van der Waals surface area contributed by atoms with Crippen molar-refractivity contribution in [2.24, 2.45) is 5.92 Å². The van der Waals surface area contributed by atoms with E-state index in [1.165, 1.54) is 19.3 Å². The molecule has 2 fully saturated rings. The first-order chi connectivity index (χ1) is 8.29. The summed E-state index contributed by atoms with van der Waals surface area (Å²) in [5, 5.41) is 9.69. The molecular formula is C13H25N3O. The fourth-order valence-electron chi connectivity index (χ4n) is 2.86. The summed E-state index contributed by atoms with van der Waals surface area (Å²) >= 11 is 0. The molecule has 0 aromatic rings. The van der Waals surface area contributed by atoms with Crippen molar-refractivity contribution < 1.29 is 4.79 Å². The lowest BCUT2D eigenvalue weighted by atomic mass is 9.84. The highest BCUT2D eigenvalue weighted by atomic mass is 16.2. The van der Waals surface area contributed by atoms with Gasteiger partial charge in [-0.25, -0.2) is 0 Å². The van der Waals surface area contributed by atoms with E-state index >= 15 is 0 Å². The molecule has 0 aromatic heterocycles. The lowest BCUT2D eigenvalue weighted by Crippen LogP contribution is -2.57. The van der Waals surface area contributed by atoms with Crippen LogP contribution < -0.4 is 16.0 Å². The standard InChI is InChI=1S/C13H25N3O/c1-2-10-3-5-11(6-4-10)16-13(17)12-9-14-7-8-15-12/h10-12,14-15H,2-9H2,1H3,(H,16,17). The van der Waals surface area contributed by atoms with Gasteiger partial charge in [-0.2, -0.15) is 0 Å². The van der Waals surface area contributed by atoms with Gasteiger partial charge in [0.1, 0.15) is 0 Å². The van der Waals surface area contributed by atoms with Gasteiger partial charge in [0.05, 0.1) is 6.04 Å². The second kappa shape index (κ2) is 6.36. The van der Waals surface area contributed by atoms with E-state index in [2.05, 4.69) is 22.9 Å². The van der Waals surface area contributed by atoms with E-state index in [-0.39, 0.29) is 11.9 Å². The van der Waals surface area contributed by atoms with Crippen molar-refractivity contribution in [2.75, 3.05) is 19.6 Å². The minimum atomic E-state index is -0.0346. The highest BCUT2D eigenvalue weighted by Crippen LogP contribution is 2.26. The van der Waals surface area contributed by atoms with Crippen molar-refractivity contribution in [2.45, 2.75) is 51.1 Å². The molecule has 0 aromatic carbocycles. The summed E-state index contributed by atoms with van der Waals surface area (Å²) in [6.45, 7) is 4.88. The van der Waals surface area contributed by atoms with E-state index in [9.17, 15) is 4.79 Å². The van der Waals surface area contributed by atoms with Gasteiger partial charge in [0.25, 0.3) is 0 Å². The third kappa shape index (κ3) is 3.68. The van der Waals surface area contributed by atoms with Crippen LogP contribution in [0, 0.1) is 5.92 Å². The van der Waals surface area contributed by atoms with Crippen LogP contribution in [-0.4, -0.2) is 37.6 Å². The lowest BCUT2D eigenvalue weighted by molar-refractivity contribution is -0.124. The molecule has 0 radical (unpaired) electrons. The first-order valence-electron chi connectivity index (χ1n) is 7.04. The van der Waals surface area contributed by atoms with Gasteiger partial charge in [0.15, 0.2) is 0 Å². The van der Waals surface area contributed by atoms with E-state index in [0.29, 0.717) is 6.04 Å². The zero-order valence-corrected chi connectivity index (χ0v) is 10.8. The molecule has 3 N–H and O–H groups in total. The normalized spacial score (nSPS) is 34.3. The maximum atomic E-state index is 12.0. The average Bonchev–Trinajstić information content (AvgIpc) is 2.40. The van der Waals surface area contributed by atoms with Crippen LogP contribution in [0.15, 0.2) is 0 Å². The molecule has 0 bridgehead atoms. The molecule has 0 spiro atoms. The number of hydrogen-bond donors (Lipinski definition) is 3. The minimum absolute atomic E-state index is 0.0346. The zero-order chi connectivity index (χ0) is 12.1. The smallest absolute Gasteiger partial charge is 0.238 e. The molecule has 1 amide bonds. The Balaban J connectivity index is 1.71. The average molecular weight is 239 g/mol. The molecule has 1 saturated heterocycles. The predicted octanol–water partition coefficient (Wildman–Crippen LogP) is 0.633. The van der Waals surface area contributed by atoms with Crippen LogP contribution in [0.4, 0.5) is 0 Å². The van der Waals surface area contributed by atoms with Crippen LogP contribution in [-0.2, 0) is 4.79 Å². The topological polar surface area (TPSA) is 53.2 Å². The Kier molecular flexibility index (Phi) is 4.80. The van der Waals surface area contributed by atoms with Crippen LogP contribution in [0.25, 0.3) is 0 Å². The maximum absolute atomic E-state index is 12.0. The van der Waals surface area contributed by atoms with Crippen LogP contribution >= 0.6 is 0 Å². The molecule has 2 aliphatic rings. The second-order valence-corrected chi connectivity index (χ2v) is 5.35. The predicted molar refractivity (Wildman–Crippen MR) is 68.8 cm³/mol. The van der Waals surface area contributed by atoms with Gasteiger partial charge in [-0.15, -0.1) is 0 Å². The Morgan fingerprint density at radius 1 is 1.24 bits per heavy atom. The molecule has 1 heterocycles. The van der Waals surface area contributed by atoms with Crippen molar-refractivity contribution in [3.63, 3.8) is 0 Å². The van der Waals surface area contributed by atoms with Gasteiger partial charge in [-0.1, -0.05) is 13.3 Å². The summed E-state index contributed by atoms with van der Waals surface area (Å²) in [4.78, 5) is 12.0. The molecule has 1 saturated carbocycles. The molecule has 1 atom stereocenters. The number of amides is 1. The number of hydrogen-bond acceptors (Lipinski definition) is 3. The van der Waals surface area contributed by atoms with Crippen molar-refractivity contribution in [3.8, 4) is 0 Å². The molecule has 2 rings (SSSR count).